The molecule has 0 aliphatic rings. The summed E-state index contributed by atoms with van der Waals surface area (Å²) < 4.78 is 10.4. The van der Waals surface area contributed by atoms with E-state index >= 15 is 0 Å². The fourth-order valence-electron chi connectivity index (χ4n) is 2.18. The molecule has 0 spiro atoms. The quantitative estimate of drug-likeness (QED) is 0.622. The van der Waals surface area contributed by atoms with Gasteiger partial charge in [0.2, 0.25) is 5.91 Å². The molecule has 0 heterocycles. The van der Waals surface area contributed by atoms with Gasteiger partial charge in [0.25, 0.3) is 5.69 Å². The molecule has 2 rings (SSSR count). The van der Waals surface area contributed by atoms with Crippen LogP contribution in [0.1, 0.15) is 11.1 Å². The zero-order valence-corrected chi connectivity index (χ0v) is 13.4. The predicted molar refractivity (Wildman–Crippen MR) is 88.2 cm³/mol. The molecule has 0 unspecified atom stereocenters. The first-order chi connectivity index (χ1) is 11.5. The Hall–Kier alpha value is -3.09. The van der Waals surface area contributed by atoms with E-state index in [0.29, 0.717) is 23.6 Å². The van der Waals surface area contributed by atoms with E-state index in [1.807, 2.05) is 6.07 Å². The molecule has 0 fully saturated rings. The maximum absolute atomic E-state index is 12.0. The van der Waals surface area contributed by atoms with Crippen LogP contribution in [-0.4, -0.2) is 25.1 Å². The minimum absolute atomic E-state index is 0.00197. The van der Waals surface area contributed by atoms with Crippen molar-refractivity contribution in [3.8, 4) is 11.5 Å². The molecule has 7 nitrogen and oxygen atoms in total. The molecule has 0 saturated heterocycles. The van der Waals surface area contributed by atoms with Gasteiger partial charge >= 0.3 is 0 Å². The van der Waals surface area contributed by atoms with Crippen molar-refractivity contribution < 1.29 is 19.2 Å². The van der Waals surface area contributed by atoms with Crippen LogP contribution in [0.3, 0.4) is 0 Å². The van der Waals surface area contributed by atoms with E-state index in [1.54, 1.807) is 38.5 Å². The molecule has 1 amide bonds. The summed E-state index contributed by atoms with van der Waals surface area (Å²) in [5.74, 6) is 1.12. The van der Waals surface area contributed by atoms with Gasteiger partial charge in [0, 0.05) is 30.3 Å². The van der Waals surface area contributed by atoms with Crippen molar-refractivity contribution in [2.75, 3.05) is 14.2 Å². The minimum Gasteiger partial charge on any atom is -0.497 e. The van der Waals surface area contributed by atoms with E-state index in [-0.39, 0.29) is 18.0 Å². The molecular formula is C17H18N2O5. The Kier molecular flexibility index (Phi) is 5.73. The molecule has 126 valence electrons. The SMILES string of the molecule is COc1ccc(CNC(=O)Cc2ccc([N+](=O)[O-])cc2)c(OC)c1. The van der Waals surface area contributed by atoms with E-state index < -0.39 is 4.92 Å². The Morgan fingerprint density at radius 3 is 2.42 bits per heavy atom. The summed E-state index contributed by atoms with van der Waals surface area (Å²) in [6.45, 7) is 0.318. The van der Waals surface area contributed by atoms with Gasteiger partial charge in [-0.1, -0.05) is 12.1 Å². The Labute approximate surface area is 139 Å². The number of rotatable bonds is 7. The molecule has 2 aromatic carbocycles. The molecule has 0 saturated carbocycles. The molecule has 0 radical (unpaired) electrons. The van der Waals surface area contributed by atoms with Crippen LogP contribution in [0.25, 0.3) is 0 Å². The smallest absolute Gasteiger partial charge is 0.269 e. The Morgan fingerprint density at radius 1 is 1.12 bits per heavy atom. The molecular weight excluding hydrogens is 312 g/mol. The maximum Gasteiger partial charge on any atom is 0.269 e. The number of nitrogens with zero attached hydrogens (tertiary/aromatic N) is 1. The molecule has 0 aliphatic carbocycles. The van der Waals surface area contributed by atoms with Gasteiger partial charge in [0.15, 0.2) is 0 Å². The van der Waals surface area contributed by atoms with E-state index in [4.69, 9.17) is 9.47 Å². The number of methoxy groups -OCH3 is 2. The summed E-state index contributed by atoms with van der Waals surface area (Å²) in [6, 6.07) is 11.3. The summed E-state index contributed by atoms with van der Waals surface area (Å²) in [7, 11) is 3.12. The van der Waals surface area contributed by atoms with Crippen LogP contribution >= 0.6 is 0 Å². The van der Waals surface area contributed by atoms with Crippen molar-refractivity contribution in [2.45, 2.75) is 13.0 Å². The molecule has 7 heteroatoms. The fraction of sp³-hybridized carbons (Fsp3) is 0.235. The summed E-state index contributed by atoms with van der Waals surface area (Å²) >= 11 is 0. The van der Waals surface area contributed by atoms with Crippen LogP contribution in [-0.2, 0) is 17.8 Å². The van der Waals surface area contributed by atoms with Crippen LogP contribution in [0.15, 0.2) is 42.5 Å². The number of nitro groups is 1. The fourth-order valence-corrected chi connectivity index (χ4v) is 2.18. The number of ether oxygens (including phenoxy) is 2. The lowest BCUT2D eigenvalue weighted by atomic mass is 10.1. The highest BCUT2D eigenvalue weighted by molar-refractivity contribution is 5.78. The first-order valence-corrected chi connectivity index (χ1v) is 7.24. The molecule has 0 bridgehead atoms. The van der Waals surface area contributed by atoms with E-state index in [9.17, 15) is 14.9 Å². The number of nitrogens with one attached hydrogen (secondary N) is 1. The highest BCUT2D eigenvalue weighted by atomic mass is 16.6. The Balaban J connectivity index is 1.94. The second-order valence-corrected chi connectivity index (χ2v) is 5.05. The van der Waals surface area contributed by atoms with Gasteiger partial charge in [-0.05, 0) is 17.7 Å². The molecule has 0 aromatic heterocycles. The monoisotopic (exact) mass is 330 g/mol. The van der Waals surface area contributed by atoms with Crippen molar-refractivity contribution in [3.05, 3.63) is 63.7 Å². The van der Waals surface area contributed by atoms with Gasteiger partial charge in [-0.3, -0.25) is 14.9 Å². The lowest BCUT2D eigenvalue weighted by molar-refractivity contribution is -0.384. The van der Waals surface area contributed by atoms with Gasteiger partial charge in [-0.2, -0.15) is 0 Å². The van der Waals surface area contributed by atoms with Crippen LogP contribution in [0, 0.1) is 10.1 Å². The number of carbonyl (C=O) groups excluding carboxylic acids is 1. The van der Waals surface area contributed by atoms with Gasteiger partial charge in [-0.25, -0.2) is 0 Å². The normalized spacial score (nSPS) is 10.1. The Morgan fingerprint density at radius 2 is 1.83 bits per heavy atom. The largest absolute Gasteiger partial charge is 0.497 e. The van der Waals surface area contributed by atoms with Crippen LogP contribution < -0.4 is 14.8 Å². The summed E-state index contributed by atoms with van der Waals surface area (Å²) in [6.07, 6.45) is 0.149. The lowest BCUT2D eigenvalue weighted by Crippen LogP contribution is -2.24. The summed E-state index contributed by atoms with van der Waals surface area (Å²) in [4.78, 5) is 22.1. The van der Waals surface area contributed by atoms with E-state index in [2.05, 4.69) is 5.32 Å². The van der Waals surface area contributed by atoms with Crippen LogP contribution in [0.4, 0.5) is 5.69 Å². The number of non-ortho nitro benzene ring substituents is 1. The third kappa shape index (κ3) is 4.45. The van der Waals surface area contributed by atoms with Crippen molar-refractivity contribution >= 4 is 11.6 Å². The van der Waals surface area contributed by atoms with Gasteiger partial charge in [0.1, 0.15) is 11.5 Å². The van der Waals surface area contributed by atoms with Crippen molar-refractivity contribution in [2.24, 2.45) is 0 Å². The molecule has 2 aromatic rings. The van der Waals surface area contributed by atoms with Crippen molar-refractivity contribution in [1.82, 2.24) is 5.32 Å². The zero-order valence-electron chi connectivity index (χ0n) is 13.4. The highest BCUT2D eigenvalue weighted by Crippen LogP contribution is 2.24. The number of nitro benzene ring substituents is 1. The average Bonchev–Trinajstić information content (AvgIpc) is 2.60. The van der Waals surface area contributed by atoms with Crippen molar-refractivity contribution in [1.29, 1.82) is 0 Å². The van der Waals surface area contributed by atoms with Gasteiger partial charge in [-0.15, -0.1) is 0 Å². The molecule has 0 atom stereocenters. The first kappa shape index (κ1) is 17.3. The number of benzene rings is 2. The molecule has 1 N–H and O–H groups in total. The predicted octanol–water partition coefficient (Wildman–Crippen LogP) is 2.47. The number of carbonyl (C=O) groups is 1. The van der Waals surface area contributed by atoms with Crippen LogP contribution in [0.2, 0.25) is 0 Å². The minimum atomic E-state index is -0.472. The van der Waals surface area contributed by atoms with Gasteiger partial charge < -0.3 is 14.8 Å². The van der Waals surface area contributed by atoms with Crippen molar-refractivity contribution in [3.63, 3.8) is 0 Å². The highest BCUT2D eigenvalue weighted by Gasteiger charge is 2.09. The first-order valence-electron chi connectivity index (χ1n) is 7.24. The van der Waals surface area contributed by atoms with E-state index in [0.717, 1.165) is 5.56 Å². The van der Waals surface area contributed by atoms with Gasteiger partial charge in [0.05, 0.1) is 25.6 Å². The van der Waals surface area contributed by atoms with Crippen LogP contribution in [0.5, 0.6) is 11.5 Å². The summed E-state index contributed by atoms with van der Waals surface area (Å²) in [5.41, 5.74) is 1.54. The second kappa shape index (κ2) is 7.96. The number of amides is 1. The third-order valence-corrected chi connectivity index (χ3v) is 3.48. The molecule has 0 aliphatic heterocycles. The third-order valence-electron chi connectivity index (χ3n) is 3.48. The van der Waals surface area contributed by atoms with E-state index in [1.165, 1.54) is 12.1 Å². The zero-order chi connectivity index (χ0) is 17.5. The summed E-state index contributed by atoms with van der Waals surface area (Å²) in [5, 5.41) is 13.4. The number of hydrogen-bond acceptors (Lipinski definition) is 5. The number of hydrogen-bond donors (Lipinski definition) is 1. The maximum atomic E-state index is 12.0. The lowest BCUT2D eigenvalue weighted by Gasteiger charge is -2.11. The average molecular weight is 330 g/mol. The Bertz CT molecular complexity index is 728. The second-order valence-electron chi connectivity index (χ2n) is 5.05. The molecule has 24 heavy (non-hydrogen) atoms. The topological polar surface area (TPSA) is 90.7 Å². The standard InChI is InChI=1S/C17H18N2O5/c1-23-15-8-5-13(16(10-15)24-2)11-18-17(20)9-12-3-6-14(7-4-12)19(21)22/h3-8,10H,9,11H2,1-2H3,(H,18,20).